The maximum atomic E-state index is 11.9. The van der Waals surface area contributed by atoms with Crippen molar-refractivity contribution in [2.24, 2.45) is 0 Å². The molecule has 100 valence electrons. The van der Waals surface area contributed by atoms with E-state index >= 15 is 0 Å². The molecule has 4 nitrogen and oxygen atoms in total. The van der Waals surface area contributed by atoms with Crippen LogP contribution in [0, 0.1) is 0 Å². The van der Waals surface area contributed by atoms with Gasteiger partial charge in [-0.05, 0) is 31.2 Å². The van der Waals surface area contributed by atoms with Crippen molar-refractivity contribution in [3.05, 3.63) is 28.7 Å². The molecule has 1 rings (SSSR count). The first kappa shape index (κ1) is 15.0. The minimum absolute atomic E-state index is 0.303. The molecule has 18 heavy (non-hydrogen) atoms. The van der Waals surface area contributed by atoms with Gasteiger partial charge < -0.3 is 14.8 Å². The van der Waals surface area contributed by atoms with E-state index in [0.717, 1.165) is 10.2 Å². The smallest absolute Gasteiger partial charge is 0.331 e. The van der Waals surface area contributed by atoms with Crippen LogP contribution in [0.15, 0.2) is 28.7 Å². The zero-order chi connectivity index (χ0) is 13.6. The molecule has 1 N–H and O–H groups in total. The third kappa shape index (κ3) is 3.99. The van der Waals surface area contributed by atoms with E-state index in [1.165, 1.54) is 7.11 Å². The van der Waals surface area contributed by atoms with Crippen molar-refractivity contribution in [1.82, 2.24) is 0 Å². The van der Waals surface area contributed by atoms with Crippen LogP contribution in [0.5, 0.6) is 0 Å². The van der Waals surface area contributed by atoms with Gasteiger partial charge in [0.2, 0.25) is 0 Å². The fraction of sp³-hybridized carbons (Fsp3) is 0.462. The van der Waals surface area contributed by atoms with E-state index in [4.69, 9.17) is 9.47 Å². The molecule has 0 heterocycles. The van der Waals surface area contributed by atoms with Crippen LogP contribution in [0.1, 0.15) is 13.3 Å². The topological polar surface area (TPSA) is 47.6 Å². The third-order valence-electron chi connectivity index (χ3n) is 2.71. The highest BCUT2D eigenvalue weighted by molar-refractivity contribution is 9.10. The number of carbonyl (C=O) groups excluding carboxylic acids is 1. The van der Waals surface area contributed by atoms with Crippen molar-refractivity contribution >= 4 is 27.6 Å². The number of carbonyl (C=O) groups is 1. The van der Waals surface area contributed by atoms with Crippen molar-refractivity contribution in [2.45, 2.75) is 18.9 Å². The van der Waals surface area contributed by atoms with Crippen molar-refractivity contribution in [3.8, 4) is 0 Å². The van der Waals surface area contributed by atoms with Gasteiger partial charge in [0.25, 0.3) is 0 Å². The molecule has 0 spiro atoms. The number of hydrogen-bond donors (Lipinski definition) is 1. The summed E-state index contributed by atoms with van der Waals surface area (Å²) in [4.78, 5) is 11.9. The maximum Gasteiger partial charge on any atom is 0.331 e. The van der Waals surface area contributed by atoms with E-state index in [9.17, 15) is 4.79 Å². The van der Waals surface area contributed by atoms with Gasteiger partial charge in [-0.25, -0.2) is 4.79 Å². The maximum absolute atomic E-state index is 11.9. The third-order valence-corrected chi connectivity index (χ3v) is 3.24. The Morgan fingerprint density at radius 2 is 1.94 bits per heavy atom. The highest BCUT2D eigenvalue weighted by Crippen LogP contribution is 2.22. The van der Waals surface area contributed by atoms with Crippen LogP contribution in [0.3, 0.4) is 0 Å². The van der Waals surface area contributed by atoms with Crippen molar-refractivity contribution in [2.75, 3.05) is 26.1 Å². The van der Waals surface area contributed by atoms with Gasteiger partial charge in [0, 0.05) is 30.3 Å². The first-order valence-corrected chi connectivity index (χ1v) is 6.42. The van der Waals surface area contributed by atoms with Crippen molar-refractivity contribution in [1.29, 1.82) is 0 Å². The van der Waals surface area contributed by atoms with Gasteiger partial charge in [-0.15, -0.1) is 0 Å². The monoisotopic (exact) mass is 315 g/mol. The first-order valence-electron chi connectivity index (χ1n) is 5.63. The molecule has 0 aliphatic rings. The lowest BCUT2D eigenvalue weighted by Gasteiger charge is -2.28. The number of rotatable bonds is 6. The average Bonchev–Trinajstić information content (AvgIpc) is 2.38. The van der Waals surface area contributed by atoms with E-state index in [1.807, 2.05) is 24.3 Å². The summed E-state index contributed by atoms with van der Waals surface area (Å²) < 4.78 is 10.9. The molecule has 0 amide bonds. The summed E-state index contributed by atoms with van der Waals surface area (Å²) in [6, 6.07) is 7.63. The van der Waals surface area contributed by atoms with Gasteiger partial charge in [-0.2, -0.15) is 0 Å². The number of hydrogen-bond acceptors (Lipinski definition) is 4. The Labute approximate surface area is 116 Å². The molecule has 0 saturated heterocycles. The number of ether oxygens (including phenoxy) is 2. The molecule has 1 unspecified atom stereocenters. The van der Waals surface area contributed by atoms with Crippen LogP contribution in [0.4, 0.5) is 5.69 Å². The number of benzene rings is 1. The van der Waals surface area contributed by atoms with Crippen LogP contribution in [-0.4, -0.2) is 32.3 Å². The molecule has 1 aromatic rings. The highest BCUT2D eigenvalue weighted by Gasteiger charge is 2.33. The Bertz CT molecular complexity index is 394. The normalized spacial score (nSPS) is 13.8. The Balaban J connectivity index is 2.83. The van der Waals surface area contributed by atoms with Crippen LogP contribution < -0.4 is 5.32 Å². The highest BCUT2D eigenvalue weighted by atomic mass is 79.9. The second-order valence-corrected chi connectivity index (χ2v) is 5.11. The average molecular weight is 316 g/mol. The largest absolute Gasteiger partial charge is 0.467 e. The van der Waals surface area contributed by atoms with Crippen LogP contribution in [-0.2, 0) is 14.3 Å². The predicted molar refractivity (Wildman–Crippen MR) is 74.7 cm³/mol. The molecule has 1 aromatic carbocycles. The molecule has 0 fully saturated rings. The Morgan fingerprint density at radius 1 is 1.33 bits per heavy atom. The minimum atomic E-state index is -0.793. The lowest BCUT2D eigenvalue weighted by Crippen LogP contribution is -2.45. The van der Waals surface area contributed by atoms with Gasteiger partial charge in [-0.1, -0.05) is 15.9 Å². The van der Waals surface area contributed by atoms with Crippen molar-refractivity contribution in [3.63, 3.8) is 0 Å². The molecular weight excluding hydrogens is 298 g/mol. The summed E-state index contributed by atoms with van der Waals surface area (Å²) in [5.41, 5.74) is 0.0701. The standard InChI is InChI=1S/C13H18BrNO3/c1-13(8-9-17-2,12(16)18-3)15-11-6-4-10(14)5-7-11/h4-7,15H,8-9H2,1-3H3. The molecule has 0 aliphatic carbocycles. The molecule has 5 heteroatoms. The summed E-state index contributed by atoms with van der Waals surface area (Å²) in [7, 11) is 2.99. The van der Waals surface area contributed by atoms with E-state index in [1.54, 1.807) is 14.0 Å². The SMILES string of the molecule is COCCC(C)(Nc1ccc(Br)cc1)C(=O)OC. The number of methoxy groups -OCH3 is 2. The predicted octanol–water partition coefficient (Wildman–Crippen LogP) is 2.83. The Kier molecular flexibility index (Phi) is 5.62. The molecule has 0 radical (unpaired) electrons. The molecule has 0 aliphatic heterocycles. The van der Waals surface area contributed by atoms with E-state index < -0.39 is 5.54 Å². The summed E-state index contributed by atoms with van der Waals surface area (Å²) >= 11 is 3.37. The summed E-state index contributed by atoms with van der Waals surface area (Å²) in [6.07, 6.45) is 0.534. The quantitative estimate of drug-likeness (QED) is 0.820. The summed E-state index contributed by atoms with van der Waals surface area (Å²) in [5, 5.41) is 3.19. The van der Waals surface area contributed by atoms with E-state index in [0.29, 0.717) is 13.0 Å². The molecule has 0 saturated carbocycles. The number of nitrogens with one attached hydrogen (secondary N) is 1. The summed E-state index contributed by atoms with van der Waals surface area (Å²) in [5.74, 6) is -0.303. The number of halogens is 1. The molecule has 1 atom stereocenters. The molecule has 0 bridgehead atoms. The van der Waals surface area contributed by atoms with Gasteiger partial charge in [0.05, 0.1) is 7.11 Å². The lowest BCUT2D eigenvalue weighted by atomic mass is 9.98. The van der Waals surface area contributed by atoms with Gasteiger partial charge in [0.15, 0.2) is 0 Å². The number of anilines is 1. The second-order valence-electron chi connectivity index (χ2n) is 4.20. The van der Waals surface area contributed by atoms with E-state index in [2.05, 4.69) is 21.2 Å². The van der Waals surface area contributed by atoms with E-state index in [-0.39, 0.29) is 5.97 Å². The van der Waals surface area contributed by atoms with Gasteiger partial charge in [-0.3, -0.25) is 0 Å². The zero-order valence-corrected chi connectivity index (χ0v) is 12.4. The first-order chi connectivity index (χ1) is 8.51. The molecular formula is C13H18BrNO3. The molecule has 0 aromatic heterocycles. The fourth-order valence-electron chi connectivity index (χ4n) is 1.60. The summed E-state index contributed by atoms with van der Waals surface area (Å²) in [6.45, 7) is 2.29. The van der Waals surface area contributed by atoms with Gasteiger partial charge >= 0.3 is 5.97 Å². The van der Waals surface area contributed by atoms with Gasteiger partial charge in [0.1, 0.15) is 5.54 Å². The van der Waals surface area contributed by atoms with Crippen LogP contribution in [0.25, 0.3) is 0 Å². The van der Waals surface area contributed by atoms with Crippen molar-refractivity contribution < 1.29 is 14.3 Å². The minimum Gasteiger partial charge on any atom is -0.467 e. The second kappa shape index (κ2) is 6.75. The zero-order valence-electron chi connectivity index (χ0n) is 10.8. The fourth-order valence-corrected chi connectivity index (χ4v) is 1.86. The lowest BCUT2D eigenvalue weighted by molar-refractivity contribution is -0.146. The van der Waals surface area contributed by atoms with Crippen LogP contribution in [0.2, 0.25) is 0 Å². The van der Waals surface area contributed by atoms with Crippen LogP contribution >= 0.6 is 15.9 Å². The Morgan fingerprint density at radius 3 is 2.44 bits per heavy atom. The Hall–Kier alpha value is -1.07. The number of esters is 1.